The molecule has 0 aliphatic carbocycles. The molecule has 0 spiro atoms. The molecule has 19 heavy (non-hydrogen) atoms. The van der Waals surface area contributed by atoms with Gasteiger partial charge in [0.15, 0.2) is 0 Å². The summed E-state index contributed by atoms with van der Waals surface area (Å²) in [5.41, 5.74) is -0.485. The average Bonchev–Trinajstić information content (AvgIpc) is 2.74. The van der Waals surface area contributed by atoms with E-state index in [1.165, 1.54) is 12.2 Å². The van der Waals surface area contributed by atoms with Crippen molar-refractivity contribution in [2.24, 2.45) is 5.92 Å². The fourth-order valence-corrected chi connectivity index (χ4v) is 1.97. The Morgan fingerprint density at radius 1 is 1.37 bits per heavy atom. The molecule has 0 bridgehead atoms. The number of ether oxygens (including phenoxy) is 1. The average molecular weight is 272 g/mol. The van der Waals surface area contributed by atoms with E-state index in [1.807, 2.05) is 20.8 Å². The Hall–Kier alpha value is -1.30. The van der Waals surface area contributed by atoms with Gasteiger partial charge in [-0.2, -0.15) is 0 Å². The molecule has 6 nitrogen and oxygen atoms in total. The van der Waals surface area contributed by atoms with Crippen LogP contribution in [0, 0.1) is 5.92 Å². The summed E-state index contributed by atoms with van der Waals surface area (Å²) in [6.45, 7) is 6.74. The Balaban J connectivity index is 2.41. The molecular formula is C13H24N2O4. The van der Waals surface area contributed by atoms with Crippen molar-refractivity contribution >= 4 is 12.0 Å². The summed E-state index contributed by atoms with van der Waals surface area (Å²) in [6, 6.07) is 0. The van der Waals surface area contributed by atoms with Crippen LogP contribution in [-0.2, 0) is 14.4 Å². The highest BCUT2D eigenvalue weighted by molar-refractivity contribution is 5.75. The van der Waals surface area contributed by atoms with Crippen LogP contribution < -0.4 is 0 Å². The third-order valence-electron chi connectivity index (χ3n) is 3.03. The maximum absolute atomic E-state index is 11.9. The first-order chi connectivity index (χ1) is 8.73. The highest BCUT2D eigenvalue weighted by Gasteiger charge is 2.31. The molecule has 0 saturated carbocycles. The van der Waals surface area contributed by atoms with E-state index in [-0.39, 0.29) is 17.9 Å². The van der Waals surface area contributed by atoms with Gasteiger partial charge in [-0.1, -0.05) is 0 Å². The fraction of sp³-hybridized carbons (Fsp3) is 0.846. The van der Waals surface area contributed by atoms with Crippen molar-refractivity contribution in [3.05, 3.63) is 0 Å². The number of rotatable bonds is 3. The number of hydrogen-bond acceptors (Lipinski definition) is 4. The van der Waals surface area contributed by atoms with E-state index in [2.05, 4.69) is 0 Å². The summed E-state index contributed by atoms with van der Waals surface area (Å²) in [5, 5.41) is 1.22. The normalized spacial score (nSPS) is 19.4. The topological polar surface area (TPSA) is 59.1 Å². The minimum atomic E-state index is -0.485. The van der Waals surface area contributed by atoms with Crippen molar-refractivity contribution in [1.82, 2.24) is 9.96 Å². The van der Waals surface area contributed by atoms with Crippen molar-refractivity contribution in [3.63, 3.8) is 0 Å². The van der Waals surface area contributed by atoms with Crippen LogP contribution in [-0.4, -0.2) is 54.8 Å². The van der Waals surface area contributed by atoms with Crippen LogP contribution in [0.25, 0.3) is 0 Å². The van der Waals surface area contributed by atoms with Gasteiger partial charge in [0.05, 0.1) is 7.11 Å². The molecular weight excluding hydrogens is 248 g/mol. The van der Waals surface area contributed by atoms with Crippen molar-refractivity contribution < 1.29 is 19.2 Å². The molecule has 1 unspecified atom stereocenters. The molecule has 0 radical (unpaired) electrons. The van der Waals surface area contributed by atoms with Crippen LogP contribution in [0.2, 0.25) is 0 Å². The standard InChI is InChI=1S/C13H24N2O4/c1-13(2,3)19-12(17)15-7-6-10(9-15)8-11(16)14(4)18-5/h10H,6-9H2,1-5H3. The monoisotopic (exact) mass is 272 g/mol. The van der Waals surface area contributed by atoms with Gasteiger partial charge >= 0.3 is 6.09 Å². The molecule has 0 N–H and O–H groups in total. The van der Waals surface area contributed by atoms with Crippen LogP contribution in [0.4, 0.5) is 4.79 Å². The maximum Gasteiger partial charge on any atom is 0.410 e. The molecule has 1 fully saturated rings. The lowest BCUT2D eigenvalue weighted by Crippen LogP contribution is -2.35. The number of nitrogens with zero attached hydrogens (tertiary/aromatic N) is 2. The fourth-order valence-electron chi connectivity index (χ4n) is 1.97. The second-order valence-corrected chi connectivity index (χ2v) is 5.86. The van der Waals surface area contributed by atoms with Gasteiger partial charge in [-0.3, -0.25) is 9.63 Å². The second-order valence-electron chi connectivity index (χ2n) is 5.86. The second kappa shape index (κ2) is 6.23. The Morgan fingerprint density at radius 3 is 2.53 bits per heavy atom. The summed E-state index contributed by atoms with van der Waals surface area (Å²) < 4.78 is 5.31. The van der Waals surface area contributed by atoms with Crippen LogP contribution in [0.5, 0.6) is 0 Å². The summed E-state index contributed by atoms with van der Waals surface area (Å²) in [5.74, 6) is 0.108. The van der Waals surface area contributed by atoms with Crippen molar-refractivity contribution in [2.75, 3.05) is 27.2 Å². The van der Waals surface area contributed by atoms with Crippen molar-refractivity contribution in [3.8, 4) is 0 Å². The maximum atomic E-state index is 11.9. The van der Waals surface area contributed by atoms with E-state index in [0.29, 0.717) is 19.5 Å². The highest BCUT2D eigenvalue weighted by atomic mass is 16.7. The molecule has 0 aromatic rings. The zero-order valence-electron chi connectivity index (χ0n) is 12.4. The minimum absolute atomic E-state index is 0.0708. The van der Waals surface area contributed by atoms with Crippen molar-refractivity contribution in [2.45, 2.75) is 39.2 Å². The van der Waals surface area contributed by atoms with Gasteiger partial charge in [-0.15, -0.1) is 0 Å². The van der Waals surface area contributed by atoms with Gasteiger partial charge < -0.3 is 9.64 Å². The molecule has 1 atom stereocenters. The van der Waals surface area contributed by atoms with E-state index < -0.39 is 5.60 Å². The minimum Gasteiger partial charge on any atom is -0.444 e. The molecule has 0 aromatic carbocycles. The lowest BCUT2D eigenvalue weighted by molar-refractivity contribution is -0.169. The highest BCUT2D eigenvalue weighted by Crippen LogP contribution is 2.22. The van der Waals surface area contributed by atoms with Crippen LogP contribution >= 0.6 is 0 Å². The van der Waals surface area contributed by atoms with Crippen molar-refractivity contribution in [1.29, 1.82) is 0 Å². The third-order valence-corrected chi connectivity index (χ3v) is 3.03. The number of likely N-dealkylation sites (tertiary alicyclic amines) is 1. The zero-order valence-corrected chi connectivity index (χ0v) is 12.4. The molecule has 2 amide bonds. The molecule has 1 aliphatic heterocycles. The Morgan fingerprint density at radius 2 is 2.00 bits per heavy atom. The smallest absolute Gasteiger partial charge is 0.410 e. The number of hydroxylamine groups is 2. The lowest BCUT2D eigenvalue weighted by Gasteiger charge is -2.24. The van der Waals surface area contributed by atoms with E-state index in [0.717, 1.165) is 6.42 Å². The van der Waals surface area contributed by atoms with Crippen LogP contribution in [0.1, 0.15) is 33.6 Å². The first-order valence-electron chi connectivity index (χ1n) is 6.51. The quantitative estimate of drug-likeness (QED) is 0.733. The first-order valence-corrected chi connectivity index (χ1v) is 6.51. The summed E-state index contributed by atoms with van der Waals surface area (Å²) in [4.78, 5) is 30.1. The largest absolute Gasteiger partial charge is 0.444 e. The number of hydrogen-bond donors (Lipinski definition) is 0. The first kappa shape index (κ1) is 15.8. The third kappa shape index (κ3) is 5.06. The van der Waals surface area contributed by atoms with E-state index in [1.54, 1.807) is 11.9 Å². The van der Waals surface area contributed by atoms with E-state index in [4.69, 9.17) is 9.57 Å². The molecule has 0 aromatic heterocycles. The van der Waals surface area contributed by atoms with Gasteiger partial charge in [-0.25, -0.2) is 9.86 Å². The molecule has 6 heteroatoms. The van der Waals surface area contributed by atoms with Crippen LogP contribution in [0.15, 0.2) is 0 Å². The number of amides is 2. The number of carbonyl (C=O) groups excluding carboxylic acids is 2. The molecule has 1 saturated heterocycles. The molecule has 1 aliphatic rings. The Labute approximate surface area is 114 Å². The molecule has 1 heterocycles. The van der Waals surface area contributed by atoms with Crippen LogP contribution in [0.3, 0.4) is 0 Å². The van der Waals surface area contributed by atoms with Gasteiger partial charge in [0.25, 0.3) is 0 Å². The van der Waals surface area contributed by atoms with Gasteiger partial charge in [0.2, 0.25) is 5.91 Å². The Kier molecular flexibility index (Phi) is 5.17. The summed E-state index contributed by atoms with van der Waals surface area (Å²) >= 11 is 0. The van der Waals surface area contributed by atoms with E-state index in [9.17, 15) is 9.59 Å². The van der Waals surface area contributed by atoms with E-state index >= 15 is 0 Å². The predicted octanol–water partition coefficient (Wildman–Crippen LogP) is 1.65. The van der Waals surface area contributed by atoms with Gasteiger partial charge in [0.1, 0.15) is 5.60 Å². The molecule has 110 valence electrons. The number of carbonyl (C=O) groups is 2. The summed E-state index contributed by atoms with van der Waals surface area (Å²) in [6.07, 6.45) is 0.911. The summed E-state index contributed by atoms with van der Waals surface area (Å²) in [7, 11) is 3.04. The Bertz CT molecular complexity index is 338. The van der Waals surface area contributed by atoms with Gasteiger partial charge in [0, 0.05) is 26.6 Å². The SMILES string of the molecule is CON(C)C(=O)CC1CCN(C(=O)OC(C)(C)C)C1. The molecule has 1 rings (SSSR count). The zero-order chi connectivity index (χ0) is 14.6. The predicted molar refractivity (Wildman–Crippen MR) is 70.3 cm³/mol. The van der Waals surface area contributed by atoms with Gasteiger partial charge in [-0.05, 0) is 33.1 Å². The lowest BCUT2D eigenvalue weighted by atomic mass is 10.0.